The Hall–Kier alpha value is -1.85. The molecule has 6 heteroatoms. The van der Waals surface area contributed by atoms with Gasteiger partial charge in [-0.25, -0.2) is 9.78 Å². The number of benzene rings is 1. The van der Waals surface area contributed by atoms with Crippen LogP contribution in [0.3, 0.4) is 0 Å². The molecule has 20 heavy (non-hydrogen) atoms. The van der Waals surface area contributed by atoms with Crippen molar-refractivity contribution in [1.29, 1.82) is 0 Å². The summed E-state index contributed by atoms with van der Waals surface area (Å²) in [6, 6.07) is 9.98. The van der Waals surface area contributed by atoms with Crippen LogP contribution in [0.5, 0.6) is 0 Å². The molecule has 0 aliphatic rings. The van der Waals surface area contributed by atoms with Crippen LogP contribution in [-0.2, 0) is 0 Å². The maximum Gasteiger partial charge on any atom is 0.336 e. The summed E-state index contributed by atoms with van der Waals surface area (Å²) in [6.45, 7) is 0. The molecule has 0 fully saturated rings. The first-order valence-corrected chi connectivity index (χ1v) is 6.81. The number of pyridine rings is 1. The van der Waals surface area contributed by atoms with Crippen LogP contribution in [0.25, 0.3) is 22.4 Å². The largest absolute Gasteiger partial charge is 0.478 e. The number of carboxylic acid groups (broad SMARTS) is 1. The van der Waals surface area contributed by atoms with Crippen molar-refractivity contribution in [3.8, 4) is 11.5 Å². The van der Waals surface area contributed by atoms with E-state index < -0.39 is 5.97 Å². The van der Waals surface area contributed by atoms with Crippen LogP contribution in [0.4, 0.5) is 0 Å². The van der Waals surface area contributed by atoms with Crippen LogP contribution >= 0.6 is 27.5 Å². The van der Waals surface area contributed by atoms with Crippen LogP contribution in [0, 0.1) is 0 Å². The molecule has 0 unspecified atom stereocenters. The Morgan fingerprint density at radius 2 is 2.10 bits per heavy atom. The topological polar surface area (TPSA) is 63.3 Å². The molecule has 0 amide bonds. The van der Waals surface area contributed by atoms with Gasteiger partial charge in [0.15, 0.2) is 10.4 Å². The van der Waals surface area contributed by atoms with Gasteiger partial charge >= 0.3 is 5.97 Å². The minimum Gasteiger partial charge on any atom is -0.478 e. The molecule has 0 aliphatic heterocycles. The monoisotopic (exact) mass is 351 g/mol. The number of hydrogen-bond donors (Lipinski definition) is 1. The molecule has 0 radical (unpaired) electrons. The second kappa shape index (κ2) is 4.92. The van der Waals surface area contributed by atoms with E-state index in [9.17, 15) is 9.90 Å². The molecule has 2 heterocycles. The quantitative estimate of drug-likeness (QED) is 0.731. The molecule has 1 aromatic carbocycles. The fraction of sp³-hybridized carbons (Fsp3) is 0. The molecule has 0 atom stereocenters. The molecule has 2 aromatic heterocycles. The average Bonchev–Trinajstić information content (AvgIpc) is 2.84. The number of hydrogen-bond acceptors (Lipinski definition) is 3. The SMILES string of the molecule is O=C(O)c1cc(-c2ccc(Br)o2)nc2cccc(Cl)c12. The molecule has 100 valence electrons. The standard InChI is InChI=1S/C14H7BrClNO3/c15-12-5-4-11(20-12)10-6-7(14(18)19)13-8(16)2-1-3-9(13)17-10/h1-6H,(H,18,19). The van der Waals surface area contributed by atoms with Crippen LogP contribution in [0.2, 0.25) is 5.02 Å². The Morgan fingerprint density at radius 3 is 2.75 bits per heavy atom. The predicted octanol–water partition coefficient (Wildman–Crippen LogP) is 4.61. The van der Waals surface area contributed by atoms with Gasteiger partial charge in [-0.3, -0.25) is 0 Å². The van der Waals surface area contributed by atoms with Gasteiger partial charge in [0, 0.05) is 5.39 Å². The van der Waals surface area contributed by atoms with Crippen LogP contribution in [-0.4, -0.2) is 16.1 Å². The molecule has 0 aliphatic carbocycles. The van der Waals surface area contributed by atoms with Crippen molar-refractivity contribution >= 4 is 44.4 Å². The van der Waals surface area contributed by atoms with Gasteiger partial charge in [-0.1, -0.05) is 17.7 Å². The van der Waals surface area contributed by atoms with Crippen molar-refractivity contribution in [2.75, 3.05) is 0 Å². The van der Waals surface area contributed by atoms with Gasteiger partial charge in [0.05, 0.1) is 16.1 Å². The maximum atomic E-state index is 11.4. The van der Waals surface area contributed by atoms with Gasteiger partial charge in [0.2, 0.25) is 0 Å². The number of halogens is 2. The lowest BCUT2D eigenvalue weighted by Crippen LogP contribution is -2.00. The zero-order chi connectivity index (χ0) is 14.3. The molecule has 0 spiro atoms. The summed E-state index contributed by atoms with van der Waals surface area (Å²) >= 11 is 9.28. The van der Waals surface area contributed by atoms with E-state index in [-0.39, 0.29) is 5.56 Å². The van der Waals surface area contributed by atoms with E-state index in [1.807, 2.05) is 0 Å². The molecular formula is C14H7BrClNO3. The lowest BCUT2D eigenvalue weighted by atomic mass is 10.1. The number of carbonyl (C=O) groups is 1. The smallest absolute Gasteiger partial charge is 0.336 e. The van der Waals surface area contributed by atoms with E-state index in [1.54, 1.807) is 30.3 Å². The van der Waals surface area contributed by atoms with E-state index in [4.69, 9.17) is 16.0 Å². The lowest BCUT2D eigenvalue weighted by molar-refractivity contribution is 0.0699. The number of rotatable bonds is 2. The molecular weight excluding hydrogens is 346 g/mol. The Bertz CT molecular complexity index is 828. The summed E-state index contributed by atoms with van der Waals surface area (Å²) in [5, 5.41) is 10.1. The molecule has 0 saturated heterocycles. The Morgan fingerprint density at radius 1 is 1.30 bits per heavy atom. The fourth-order valence-electron chi connectivity index (χ4n) is 1.99. The first-order valence-electron chi connectivity index (χ1n) is 5.64. The van der Waals surface area contributed by atoms with Gasteiger partial charge < -0.3 is 9.52 Å². The third kappa shape index (κ3) is 2.19. The highest BCUT2D eigenvalue weighted by Gasteiger charge is 2.16. The number of aromatic nitrogens is 1. The molecule has 3 aromatic rings. The van der Waals surface area contributed by atoms with Crippen molar-refractivity contribution in [2.24, 2.45) is 0 Å². The number of aromatic carboxylic acids is 1. The maximum absolute atomic E-state index is 11.4. The molecule has 1 N–H and O–H groups in total. The highest BCUT2D eigenvalue weighted by atomic mass is 79.9. The van der Waals surface area contributed by atoms with Crippen molar-refractivity contribution in [2.45, 2.75) is 0 Å². The number of fused-ring (bicyclic) bond motifs is 1. The van der Waals surface area contributed by atoms with Gasteiger partial charge in [-0.05, 0) is 46.3 Å². The Balaban J connectivity index is 2.34. The van der Waals surface area contributed by atoms with Gasteiger partial charge in [-0.15, -0.1) is 0 Å². The molecule has 3 rings (SSSR count). The highest BCUT2D eigenvalue weighted by Crippen LogP contribution is 2.31. The van der Waals surface area contributed by atoms with Crippen LogP contribution < -0.4 is 0 Å². The Labute approximate surface area is 127 Å². The van der Waals surface area contributed by atoms with E-state index in [0.29, 0.717) is 32.0 Å². The van der Waals surface area contributed by atoms with Crippen molar-refractivity contribution in [1.82, 2.24) is 4.98 Å². The lowest BCUT2D eigenvalue weighted by Gasteiger charge is -2.06. The van der Waals surface area contributed by atoms with E-state index in [0.717, 1.165) is 0 Å². The highest BCUT2D eigenvalue weighted by molar-refractivity contribution is 9.10. The summed E-state index contributed by atoms with van der Waals surface area (Å²) in [4.78, 5) is 15.8. The number of carboxylic acids is 1. The third-order valence-electron chi connectivity index (χ3n) is 2.84. The van der Waals surface area contributed by atoms with Crippen LogP contribution in [0.15, 0.2) is 45.5 Å². The molecule has 4 nitrogen and oxygen atoms in total. The second-order valence-electron chi connectivity index (χ2n) is 4.10. The average molecular weight is 353 g/mol. The van der Waals surface area contributed by atoms with Crippen molar-refractivity contribution < 1.29 is 14.3 Å². The first kappa shape index (κ1) is 13.1. The normalized spacial score (nSPS) is 10.9. The minimum atomic E-state index is -1.06. The fourth-order valence-corrected chi connectivity index (χ4v) is 2.57. The van der Waals surface area contributed by atoms with Gasteiger partial charge in [0.25, 0.3) is 0 Å². The van der Waals surface area contributed by atoms with Crippen molar-refractivity contribution in [3.05, 3.63) is 51.7 Å². The summed E-state index contributed by atoms with van der Waals surface area (Å²) in [5.74, 6) is -0.571. The predicted molar refractivity (Wildman–Crippen MR) is 79.1 cm³/mol. The zero-order valence-electron chi connectivity index (χ0n) is 9.93. The third-order valence-corrected chi connectivity index (χ3v) is 3.58. The summed E-state index contributed by atoms with van der Waals surface area (Å²) in [7, 11) is 0. The molecule has 0 saturated carbocycles. The van der Waals surface area contributed by atoms with E-state index in [2.05, 4.69) is 20.9 Å². The number of furan rings is 1. The minimum absolute atomic E-state index is 0.100. The zero-order valence-corrected chi connectivity index (χ0v) is 12.3. The van der Waals surface area contributed by atoms with Gasteiger partial charge in [-0.2, -0.15) is 0 Å². The summed E-state index contributed by atoms with van der Waals surface area (Å²) in [6.07, 6.45) is 0. The summed E-state index contributed by atoms with van der Waals surface area (Å²) in [5.41, 5.74) is 1.06. The first-order chi connectivity index (χ1) is 9.56. The summed E-state index contributed by atoms with van der Waals surface area (Å²) < 4.78 is 5.96. The Kier molecular flexibility index (Phi) is 3.23. The molecule has 0 bridgehead atoms. The number of nitrogens with zero attached hydrogens (tertiary/aromatic N) is 1. The van der Waals surface area contributed by atoms with Gasteiger partial charge in [0.1, 0.15) is 5.69 Å². The van der Waals surface area contributed by atoms with E-state index >= 15 is 0 Å². The van der Waals surface area contributed by atoms with Crippen LogP contribution in [0.1, 0.15) is 10.4 Å². The van der Waals surface area contributed by atoms with E-state index in [1.165, 1.54) is 6.07 Å². The second-order valence-corrected chi connectivity index (χ2v) is 5.29. The van der Waals surface area contributed by atoms with Crippen molar-refractivity contribution in [3.63, 3.8) is 0 Å².